The van der Waals surface area contributed by atoms with Crippen molar-refractivity contribution >= 4 is 21.8 Å². The summed E-state index contributed by atoms with van der Waals surface area (Å²) in [5, 5.41) is 2.87. The highest BCUT2D eigenvalue weighted by molar-refractivity contribution is 7.89. The molecule has 8 heteroatoms. The smallest absolute Gasteiger partial charge is 0.243 e. The molecule has 1 atom stereocenters. The molecular weight excluding hydrogens is 438 g/mol. The fourth-order valence-electron chi connectivity index (χ4n) is 3.36. The van der Waals surface area contributed by atoms with Crippen LogP contribution in [0, 0.1) is 6.92 Å². The van der Waals surface area contributed by atoms with E-state index in [0.29, 0.717) is 19.5 Å². The lowest BCUT2D eigenvalue weighted by Gasteiger charge is -2.30. The summed E-state index contributed by atoms with van der Waals surface area (Å²) in [5.41, 5.74) is 1.98. The van der Waals surface area contributed by atoms with Gasteiger partial charge in [-0.1, -0.05) is 61.4 Å². The zero-order valence-corrected chi connectivity index (χ0v) is 20.8. The standard InChI is InChI=1S/C25H35N3O4S/c1-5-6-17-26-25(30)21(3)28(18-16-22-10-8-7-9-11-22)24(29)19-27(4)33(31,32)23-14-12-20(2)13-15-23/h7-15,21H,5-6,16-19H2,1-4H3,(H,26,30)/t21-/m0/s1. The third-order valence-electron chi connectivity index (χ3n) is 5.57. The summed E-state index contributed by atoms with van der Waals surface area (Å²) in [6, 6.07) is 15.5. The first-order chi connectivity index (χ1) is 15.7. The van der Waals surface area contributed by atoms with E-state index >= 15 is 0 Å². The van der Waals surface area contributed by atoms with Gasteiger partial charge in [-0.2, -0.15) is 4.31 Å². The van der Waals surface area contributed by atoms with Crippen LogP contribution < -0.4 is 5.32 Å². The van der Waals surface area contributed by atoms with E-state index < -0.39 is 22.0 Å². The van der Waals surface area contributed by atoms with E-state index in [1.807, 2.05) is 44.2 Å². The van der Waals surface area contributed by atoms with E-state index in [9.17, 15) is 18.0 Å². The van der Waals surface area contributed by atoms with E-state index in [1.54, 1.807) is 19.1 Å². The number of carbonyl (C=O) groups is 2. The molecule has 2 rings (SSSR count). The molecule has 0 aliphatic rings. The van der Waals surface area contributed by atoms with Crippen LogP contribution in [0.25, 0.3) is 0 Å². The Morgan fingerprint density at radius 3 is 2.27 bits per heavy atom. The van der Waals surface area contributed by atoms with Crippen molar-refractivity contribution in [1.82, 2.24) is 14.5 Å². The largest absolute Gasteiger partial charge is 0.354 e. The monoisotopic (exact) mass is 473 g/mol. The van der Waals surface area contributed by atoms with E-state index in [4.69, 9.17) is 0 Å². The molecule has 0 bridgehead atoms. The third kappa shape index (κ3) is 7.68. The minimum atomic E-state index is -3.83. The summed E-state index contributed by atoms with van der Waals surface area (Å²) in [5.74, 6) is -0.656. The van der Waals surface area contributed by atoms with Crippen LogP contribution in [-0.2, 0) is 26.0 Å². The molecule has 180 valence electrons. The molecule has 0 saturated heterocycles. The third-order valence-corrected chi connectivity index (χ3v) is 7.39. The summed E-state index contributed by atoms with van der Waals surface area (Å²) in [6.45, 7) is 6.10. The van der Waals surface area contributed by atoms with Gasteiger partial charge < -0.3 is 10.2 Å². The maximum absolute atomic E-state index is 13.2. The van der Waals surface area contributed by atoms with E-state index in [-0.39, 0.29) is 17.3 Å². The van der Waals surface area contributed by atoms with Gasteiger partial charge in [-0.3, -0.25) is 9.59 Å². The topological polar surface area (TPSA) is 86.8 Å². The maximum atomic E-state index is 13.2. The molecule has 33 heavy (non-hydrogen) atoms. The number of hydrogen-bond acceptors (Lipinski definition) is 4. The average Bonchev–Trinajstić information content (AvgIpc) is 2.80. The fourth-order valence-corrected chi connectivity index (χ4v) is 4.48. The van der Waals surface area contributed by atoms with Gasteiger partial charge in [-0.05, 0) is 44.4 Å². The number of nitrogens with one attached hydrogen (secondary N) is 1. The highest BCUT2D eigenvalue weighted by Crippen LogP contribution is 2.16. The first-order valence-electron chi connectivity index (χ1n) is 11.3. The average molecular weight is 474 g/mol. The highest BCUT2D eigenvalue weighted by atomic mass is 32.2. The quantitative estimate of drug-likeness (QED) is 0.480. The molecule has 0 radical (unpaired) electrons. The number of sulfonamides is 1. The molecule has 7 nitrogen and oxygen atoms in total. The first-order valence-corrected chi connectivity index (χ1v) is 12.7. The van der Waals surface area contributed by atoms with Crippen molar-refractivity contribution in [3.05, 3.63) is 65.7 Å². The number of likely N-dealkylation sites (N-methyl/N-ethyl adjacent to an activating group) is 1. The van der Waals surface area contributed by atoms with Crippen molar-refractivity contribution in [1.29, 1.82) is 0 Å². The number of nitrogens with zero attached hydrogens (tertiary/aromatic N) is 2. The number of carbonyl (C=O) groups excluding carboxylic acids is 2. The Hall–Kier alpha value is -2.71. The van der Waals surface area contributed by atoms with Crippen molar-refractivity contribution < 1.29 is 18.0 Å². The lowest BCUT2D eigenvalue weighted by atomic mass is 10.1. The lowest BCUT2D eigenvalue weighted by molar-refractivity contribution is -0.139. The molecular formula is C25H35N3O4S. The van der Waals surface area contributed by atoms with Crippen LogP contribution in [0.15, 0.2) is 59.5 Å². The Morgan fingerprint density at radius 2 is 1.67 bits per heavy atom. The van der Waals surface area contributed by atoms with Crippen LogP contribution >= 0.6 is 0 Å². The van der Waals surface area contributed by atoms with Crippen LogP contribution in [0.5, 0.6) is 0 Å². The number of unbranched alkanes of at least 4 members (excludes halogenated alkanes) is 1. The minimum Gasteiger partial charge on any atom is -0.354 e. The first kappa shape index (κ1) is 26.5. The van der Waals surface area contributed by atoms with Crippen molar-refractivity contribution in [2.75, 3.05) is 26.7 Å². The predicted octanol–water partition coefficient (Wildman–Crippen LogP) is 2.99. The molecule has 0 aromatic heterocycles. The van der Waals surface area contributed by atoms with Crippen molar-refractivity contribution in [3.8, 4) is 0 Å². The zero-order chi connectivity index (χ0) is 24.4. The molecule has 0 fully saturated rings. The van der Waals surface area contributed by atoms with Crippen LogP contribution in [0.2, 0.25) is 0 Å². The molecule has 0 heterocycles. The second kappa shape index (κ2) is 12.5. The zero-order valence-electron chi connectivity index (χ0n) is 20.0. The summed E-state index contributed by atoms with van der Waals surface area (Å²) in [6.07, 6.45) is 2.37. The van der Waals surface area contributed by atoms with Crippen LogP contribution in [-0.4, -0.2) is 62.2 Å². The Bertz CT molecular complexity index is 1010. The van der Waals surface area contributed by atoms with Crippen LogP contribution in [0.3, 0.4) is 0 Å². The van der Waals surface area contributed by atoms with Gasteiger partial charge in [0.05, 0.1) is 11.4 Å². The van der Waals surface area contributed by atoms with Gasteiger partial charge in [0.15, 0.2) is 0 Å². The maximum Gasteiger partial charge on any atom is 0.243 e. The van der Waals surface area contributed by atoms with Gasteiger partial charge in [-0.25, -0.2) is 8.42 Å². The van der Waals surface area contributed by atoms with Gasteiger partial charge in [0.1, 0.15) is 6.04 Å². The SMILES string of the molecule is CCCCNC(=O)[C@H](C)N(CCc1ccccc1)C(=O)CN(C)S(=O)(=O)c1ccc(C)cc1. The fraction of sp³-hybridized carbons (Fsp3) is 0.440. The number of hydrogen-bond donors (Lipinski definition) is 1. The van der Waals surface area contributed by atoms with Gasteiger partial charge in [0.25, 0.3) is 0 Å². The minimum absolute atomic E-state index is 0.129. The normalized spacial score (nSPS) is 12.4. The molecule has 0 aliphatic heterocycles. The number of amides is 2. The van der Waals surface area contributed by atoms with Crippen LogP contribution in [0.1, 0.15) is 37.8 Å². The lowest BCUT2D eigenvalue weighted by Crippen LogP contribution is -2.51. The van der Waals surface area contributed by atoms with Gasteiger partial charge in [0.2, 0.25) is 21.8 Å². The van der Waals surface area contributed by atoms with Crippen molar-refractivity contribution in [2.45, 2.75) is 51.0 Å². The van der Waals surface area contributed by atoms with E-state index in [1.165, 1.54) is 24.1 Å². The number of aryl methyl sites for hydroxylation is 1. The molecule has 1 N–H and O–H groups in total. The van der Waals surface area contributed by atoms with E-state index in [0.717, 1.165) is 28.3 Å². The van der Waals surface area contributed by atoms with Crippen molar-refractivity contribution in [3.63, 3.8) is 0 Å². The van der Waals surface area contributed by atoms with Gasteiger partial charge in [0, 0.05) is 20.1 Å². The second-order valence-corrected chi connectivity index (χ2v) is 10.3. The number of rotatable bonds is 12. The second-order valence-electron chi connectivity index (χ2n) is 8.22. The highest BCUT2D eigenvalue weighted by Gasteiger charge is 2.29. The molecule has 0 unspecified atom stereocenters. The number of benzene rings is 2. The molecule has 2 amide bonds. The summed E-state index contributed by atoms with van der Waals surface area (Å²) < 4.78 is 26.9. The van der Waals surface area contributed by atoms with E-state index in [2.05, 4.69) is 5.32 Å². The Labute approximate surface area is 197 Å². The summed E-state index contributed by atoms with van der Waals surface area (Å²) in [4.78, 5) is 27.5. The molecule has 2 aromatic rings. The predicted molar refractivity (Wildman–Crippen MR) is 130 cm³/mol. The molecule has 0 spiro atoms. The molecule has 0 aliphatic carbocycles. The summed E-state index contributed by atoms with van der Waals surface area (Å²) in [7, 11) is -2.45. The molecule has 2 aromatic carbocycles. The van der Waals surface area contributed by atoms with Gasteiger partial charge >= 0.3 is 0 Å². The van der Waals surface area contributed by atoms with Crippen molar-refractivity contribution in [2.24, 2.45) is 0 Å². The Morgan fingerprint density at radius 1 is 1.03 bits per heavy atom. The Balaban J connectivity index is 2.16. The molecule has 0 saturated carbocycles. The summed E-state index contributed by atoms with van der Waals surface area (Å²) >= 11 is 0. The Kier molecular flexibility index (Phi) is 10.1. The van der Waals surface area contributed by atoms with Gasteiger partial charge in [-0.15, -0.1) is 0 Å². The van der Waals surface area contributed by atoms with Crippen LogP contribution in [0.4, 0.5) is 0 Å².